The SMILES string of the molecule is CC.CC(=O)NCCCCC(C)C.[HH]. The molecule has 1 amide bonds. The summed E-state index contributed by atoms with van der Waals surface area (Å²) in [6, 6.07) is 0. The Balaban J connectivity index is -0.000000376. The summed E-state index contributed by atoms with van der Waals surface area (Å²) in [6.07, 6.45) is 3.59. The Morgan fingerprint density at radius 2 is 1.85 bits per heavy atom. The summed E-state index contributed by atoms with van der Waals surface area (Å²) in [5.74, 6) is 0.863. The molecule has 0 unspecified atom stereocenters. The van der Waals surface area contributed by atoms with E-state index in [2.05, 4.69) is 19.2 Å². The summed E-state index contributed by atoms with van der Waals surface area (Å²) in [7, 11) is 0. The zero-order valence-corrected chi connectivity index (χ0v) is 9.81. The molecule has 0 radical (unpaired) electrons. The second kappa shape index (κ2) is 11.5. The van der Waals surface area contributed by atoms with Crippen LogP contribution in [0.25, 0.3) is 0 Å². The van der Waals surface area contributed by atoms with Crippen molar-refractivity contribution in [2.24, 2.45) is 5.92 Å². The van der Waals surface area contributed by atoms with Crippen molar-refractivity contribution < 1.29 is 6.22 Å². The second-order valence-electron chi connectivity index (χ2n) is 3.37. The number of amides is 1. The number of hydrogen-bond acceptors (Lipinski definition) is 1. The van der Waals surface area contributed by atoms with Crippen LogP contribution in [0.15, 0.2) is 0 Å². The van der Waals surface area contributed by atoms with Crippen molar-refractivity contribution in [2.75, 3.05) is 6.54 Å². The molecule has 0 atom stereocenters. The van der Waals surface area contributed by atoms with E-state index in [1.807, 2.05) is 13.8 Å². The number of carbonyl (C=O) groups is 1. The van der Waals surface area contributed by atoms with Crippen LogP contribution < -0.4 is 5.32 Å². The van der Waals surface area contributed by atoms with Gasteiger partial charge in [-0.25, -0.2) is 0 Å². The summed E-state index contributed by atoms with van der Waals surface area (Å²) in [6.45, 7) is 10.8. The van der Waals surface area contributed by atoms with Crippen molar-refractivity contribution >= 4 is 5.91 Å². The normalized spacial score (nSPS) is 9.08. The molecule has 13 heavy (non-hydrogen) atoms. The summed E-state index contributed by atoms with van der Waals surface area (Å²) >= 11 is 0. The number of unbranched alkanes of at least 4 members (excludes halogenated alkanes) is 1. The fourth-order valence-electron chi connectivity index (χ4n) is 0.942. The molecule has 1 N–H and O–H groups in total. The second-order valence-corrected chi connectivity index (χ2v) is 3.37. The van der Waals surface area contributed by atoms with Crippen LogP contribution in [0.3, 0.4) is 0 Å². The third-order valence-electron chi connectivity index (χ3n) is 1.58. The molecular formula is C11H27NO. The van der Waals surface area contributed by atoms with Gasteiger partial charge >= 0.3 is 0 Å². The summed E-state index contributed by atoms with van der Waals surface area (Å²) in [5, 5.41) is 2.78. The average Bonchev–Trinajstić information content (AvgIpc) is 2.06. The highest BCUT2D eigenvalue weighted by Gasteiger charge is 1.94. The van der Waals surface area contributed by atoms with E-state index in [0.29, 0.717) is 0 Å². The standard InChI is InChI=1S/C9H19NO.C2H6.H2/c1-8(2)6-4-5-7-10-9(3)11;1-2;/h8H,4-7H2,1-3H3,(H,10,11);1-2H3;1H. The lowest BCUT2D eigenvalue weighted by molar-refractivity contribution is -0.118. The van der Waals surface area contributed by atoms with Gasteiger partial charge in [-0.3, -0.25) is 4.79 Å². The van der Waals surface area contributed by atoms with Gasteiger partial charge in [0.25, 0.3) is 0 Å². The van der Waals surface area contributed by atoms with Crippen molar-refractivity contribution in [3.8, 4) is 0 Å². The minimum Gasteiger partial charge on any atom is -0.356 e. The minimum absolute atomic E-state index is 0. The lowest BCUT2D eigenvalue weighted by atomic mass is 10.1. The van der Waals surface area contributed by atoms with E-state index in [0.717, 1.165) is 18.9 Å². The van der Waals surface area contributed by atoms with E-state index in [1.165, 1.54) is 12.8 Å². The number of hydrogen-bond donors (Lipinski definition) is 1. The molecular weight excluding hydrogens is 162 g/mol. The topological polar surface area (TPSA) is 29.1 Å². The molecule has 2 heteroatoms. The first-order valence-corrected chi connectivity index (χ1v) is 5.37. The molecule has 0 spiro atoms. The van der Waals surface area contributed by atoms with Gasteiger partial charge in [0, 0.05) is 14.9 Å². The maximum atomic E-state index is 10.4. The third-order valence-corrected chi connectivity index (χ3v) is 1.58. The first kappa shape index (κ1) is 15.0. The predicted molar refractivity (Wildman–Crippen MR) is 60.8 cm³/mol. The van der Waals surface area contributed by atoms with Gasteiger partial charge in [-0.05, 0) is 12.3 Å². The first-order chi connectivity index (χ1) is 6.13. The molecule has 0 aliphatic heterocycles. The lowest BCUT2D eigenvalue weighted by Crippen LogP contribution is -2.20. The first-order valence-electron chi connectivity index (χ1n) is 5.37. The molecule has 0 aromatic rings. The van der Waals surface area contributed by atoms with Gasteiger partial charge in [0.1, 0.15) is 0 Å². The molecule has 0 aliphatic carbocycles. The fourth-order valence-corrected chi connectivity index (χ4v) is 0.942. The van der Waals surface area contributed by atoms with Crippen molar-refractivity contribution in [2.45, 2.75) is 53.9 Å². The average molecular weight is 189 g/mol. The molecule has 82 valence electrons. The van der Waals surface area contributed by atoms with Crippen molar-refractivity contribution in [1.82, 2.24) is 5.32 Å². The minimum atomic E-state index is 0. The number of nitrogens with one attached hydrogen (secondary N) is 1. The van der Waals surface area contributed by atoms with Crippen LogP contribution in [0.5, 0.6) is 0 Å². The van der Waals surface area contributed by atoms with Crippen molar-refractivity contribution in [3.63, 3.8) is 0 Å². The largest absolute Gasteiger partial charge is 0.356 e. The maximum absolute atomic E-state index is 10.4. The van der Waals surface area contributed by atoms with Crippen LogP contribution in [0.2, 0.25) is 0 Å². The Kier molecular flexibility index (Phi) is 13.2. The van der Waals surface area contributed by atoms with Gasteiger partial charge in [0.2, 0.25) is 5.91 Å². The van der Waals surface area contributed by atoms with Crippen molar-refractivity contribution in [3.05, 3.63) is 0 Å². The molecule has 2 nitrogen and oxygen atoms in total. The van der Waals surface area contributed by atoms with Gasteiger partial charge in [-0.1, -0.05) is 40.5 Å². The predicted octanol–water partition coefficient (Wildman–Crippen LogP) is 3.22. The van der Waals surface area contributed by atoms with E-state index < -0.39 is 0 Å². The summed E-state index contributed by atoms with van der Waals surface area (Å²) in [4.78, 5) is 10.4. The van der Waals surface area contributed by atoms with Crippen LogP contribution >= 0.6 is 0 Å². The Labute approximate surface area is 84.6 Å². The van der Waals surface area contributed by atoms with Crippen LogP contribution in [-0.2, 0) is 4.79 Å². The highest BCUT2D eigenvalue weighted by molar-refractivity contribution is 5.72. The Morgan fingerprint density at radius 1 is 1.31 bits per heavy atom. The monoisotopic (exact) mass is 189 g/mol. The Hall–Kier alpha value is -0.530. The van der Waals surface area contributed by atoms with Gasteiger partial charge < -0.3 is 5.32 Å². The van der Waals surface area contributed by atoms with Crippen LogP contribution in [-0.4, -0.2) is 12.5 Å². The van der Waals surface area contributed by atoms with E-state index in [9.17, 15) is 4.79 Å². The molecule has 0 aromatic carbocycles. The van der Waals surface area contributed by atoms with E-state index >= 15 is 0 Å². The Bertz CT molecular complexity index is 116. The molecule has 0 fully saturated rings. The molecule has 0 rings (SSSR count). The molecule has 0 bridgehead atoms. The van der Waals surface area contributed by atoms with E-state index in [4.69, 9.17) is 0 Å². The molecule has 0 aliphatic rings. The maximum Gasteiger partial charge on any atom is 0.216 e. The van der Waals surface area contributed by atoms with E-state index in [1.54, 1.807) is 6.92 Å². The molecule has 0 saturated carbocycles. The Morgan fingerprint density at radius 3 is 2.23 bits per heavy atom. The van der Waals surface area contributed by atoms with Crippen molar-refractivity contribution in [1.29, 1.82) is 0 Å². The quantitative estimate of drug-likeness (QED) is 0.661. The summed E-state index contributed by atoms with van der Waals surface area (Å²) < 4.78 is 0. The summed E-state index contributed by atoms with van der Waals surface area (Å²) in [5.41, 5.74) is 0. The number of rotatable bonds is 5. The fraction of sp³-hybridized carbons (Fsp3) is 0.909. The lowest BCUT2D eigenvalue weighted by Gasteiger charge is -2.04. The smallest absolute Gasteiger partial charge is 0.216 e. The highest BCUT2D eigenvalue weighted by atomic mass is 16.1. The molecule has 0 aromatic heterocycles. The van der Waals surface area contributed by atoms with Crippen LogP contribution in [0.4, 0.5) is 0 Å². The van der Waals surface area contributed by atoms with E-state index in [-0.39, 0.29) is 7.33 Å². The highest BCUT2D eigenvalue weighted by Crippen LogP contribution is 2.04. The third kappa shape index (κ3) is 18.4. The number of carbonyl (C=O) groups excluding carboxylic acids is 1. The zero-order chi connectivity index (χ0) is 10.7. The van der Waals surface area contributed by atoms with Gasteiger partial charge in [-0.2, -0.15) is 0 Å². The van der Waals surface area contributed by atoms with Gasteiger partial charge in [0.05, 0.1) is 0 Å². The molecule has 0 heterocycles. The van der Waals surface area contributed by atoms with Crippen LogP contribution in [0.1, 0.15) is 55.3 Å². The zero-order valence-electron chi connectivity index (χ0n) is 9.81. The van der Waals surface area contributed by atoms with Gasteiger partial charge in [0.15, 0.2) is 0 Å². The molecule has 0 saturated heterocycles. The van der Waals surface area contributed by atoms with Gasteiger partial charge in [-0.15, -0.1) is 0 Å². The van der Waals surface area contributed by atoms with Crippen LogP contribution in [0, 0.1) is 5.92 Å².